The summed E-state index contributed by atoms with van der Waals surface area (Å²) in [6, 6.07) is 3.69. The van der Waals surface area contributed by atoms with Crippen LogP contribution in [0.4, 0.5) is 5.95 Å². The molecule has 0 aromatic carbocycles. The first-order chi connectivity index (χ1) is 9.51. The summed E-state index contributed by atoms with van der Waals surface area (Å²) in [5.74, 6) is 5.29. The van der Waals surface area contributed by atoms with Gasteiger partial charge in [0.15, 0.2) is 0 Å². The van der Waals surface area contributed by atoms with Crippen LogP contribution in [0.3, 0.4) is 0 Å². The van der Waals surface area contributed by atoms with Gasteiger partial charge in [0.05, 0.1) is 12.4 Å². The van der Waals surface area contributed by atoms with Crippen LogP contribution in [-0.2, 0) is 16.4 Å². The number of hydrazine groups is 1. The van der Waals surface area contributed by atoms with Crippen molar-refractivity contribution in [1.82, 2.24) is 14.7 Å². The zero-order valence-corrected chi connectivity index (χ0v) is 12.4. The number of anilines is 1. The Morgan fingerprint density at radius 1 is 1.40 bits per heavy atom. The molecule has 7 nitrogen and oxygen atoms in total. The highest BCUT2D eigenvalue weighted by atomic mass is 32.2. The van der Waals surface area contributed by atoms with Gasteiger partial charge in [-0.1, -0.05) is 6.07 Å². The molecule has 0 aliphatic rings. The van der Waals surface area contributed by atoms with Gasteiger partial charge in [-0.15, -0.1) is 11.3 Å². The van der Waals surface area contributed by atoms with E-state index in [9.17, 15) is 8.42 Å². The Balaban J connectivity index is 2.05. The molecule has 0 aliphatic heterocycles. The van der Waals surface area contributed by atoms with Crippen molar-refractivity contribution in [2.24, 2.45) is 5.84 Å². The maximum absolute atomic E-state index is 12.1. The van der Waals surface area contributed by atoms with E-state index >= 15 is 0 Å². The molecule has 0 bridgehead atoms. The molecule has 1 atom stereocenters. The standard InChI is InChI=1S/C11H15N5O2S2/c1-8(5-9-3-2-4-19-9)16-20(17,18)10-6-13-11(15-12)14-7-10/h2-4,6-8,16H,5,12H2,1H3,(H,13,14,15). The van der Waals surface area contributed by atoms with Crippen molar-refractivity contribution in [3.63, 3.8) is 0 Å². The quantitative estimate of drug-likeness (QED) is 0.536. The van der Waals surface area contributed by atoms with Gasteiger partial charge in [0, 0.05) is 10.9 Å². The van der Waals surface area contributed by atoms with Gasteiger partial charge in [-0.2, -0.15) is 0 Å². The number of nitrogens with one attached hydrogen (secondary N) is 2. The highest BCUT2D eigenvalue weighted by Gasteiger charge is 2.18. The van der Waals surface area contributed by atoms with Crippen molar-refractivity contribution in [3.05, 3.63) is 34.8 Å². The minimum Gasteiger partial charge on any atom is -0.292 e. The van der Waals surface area contributed by atoms with Crippen LogP contribution in [0.25, 0.3) is 0 Å². The highest BCUT2D eigenvalue weighted by molar-refractivity contribution is 7.89. The number of thiophene rings is 1. The Bertz CT molecular complexity index is 640. The first-order valence-corrected chi connectivity index (χ1v) is 8.21. The van der Waals surface area contributed by atoms with Gasteiger partial charge >= 0.3 is 0 Å². The van der Waals surface area contributed by atoms with Crippen LogP contribution in [0.15, 0.2) is 34.8 Å². The molecule has 2 heterocycles. The van der Waals surface area contributed by atoms with Gasteiger partial charge < -0.3 is 0 Å². The fraction of sp³-hybridized carbons (Fsp3) is 0.273. The number of nitrogens with two attached hydrogens (primary N) is 1. The summed E-state index contributed by atoms with van der Waals surface area (Å²) in [4.78, 5) is 8.70. The van der Waals surface area contributed by atoms with Crippen molar-refractivity contribution in [2.45, 2.75) is 24.3 Å². The van der Waals surface area contributed by atoms with E-state index in [4.69, 9.17) is 5.84 Å². The summed E-state index contributed by atoms with van der Waals surface area (Å²) in [5.41, 5.74) is 2.24. The monoisotopic (exact) mass is 313 g/mol. The van der Waals surface area contributed by atoms with Crippen LogP contribution in [0.5, 0.6) is 0 Å². The molecule has 0 fully saturated rings. The van der Waals surface area contributed by atoms with Crippen LogP contribution in [-0.4, -0.2) is 24.4 Å². The molecule has 4 N–H and O–H groups in total. The summed E-state index contributed by atoms with van der Waals surface area (Å²) >= 11 is 1.60. The SMILES string of the molecule is CC(Cc1cccs1)NS(=O)(=O)c1cnc(NN)nc1. The third kappa shape index (κ3) is 3.73. The molecule has 2 aromatic heterocycles. The molecule has 1 unspecified atom stereocenters. The maximum Gasteiger partial charge on any atom is 0.243 e. The maximum atomic E-state index is 12.1. The first kappa shape index (κ1) is 14.9. The minimum atomic E-state index is -3.63. The van der Waals surface area contributed by atoms with E-state index in [1.54, 1.807) is 11.3 Å². The first-order valence-electron chi connectivity index (χ1n) is 5.84. The molecule has 9 heteroatoms. The second-order valence-electron chi connectivity index (χ2n) is 4.19. The molecule has 20 heavy (non-hydrogen) atoms. The predicted molar refractivity (Wildman–Crippen MR) is 77.6 cm³/mol. The molecule has 0 radical (unpaired) electrons. The van der Waals surface area contributed by atoms with Crippen molar-refractivity contribution >= 4 is 27.3 Å². The van der Waals surface area contributed by atoms with E-state index in [0.717, 1.165) is 4.88 Å². The van der Waals surface area contributed by atoms with E-state index in [0.29, 0.717) is 6.42 Å². The number of nitrogen functional groups attached to an aromatic ring is 1. The molecule has 0 aliphatic carbocycles. The molecular formula is C11H15N5O2S2. The van der Waals surface area contributed by atoms with Gasteiger partial charge in [-0.3, -0.25) is 5.43 Å². The topological polar surface area (TPSA) is 110 Å². The third-order valence-electron chi connectivity index (χ3n) is 2.51. The lowest BCUT2D eigenvalue weighted by Gasteiger charge is -2.13. The molecular weight excluding hydrogens is 298 g/mol. The summed E-state index contributed by atoms with van der Waals surface area (Å²) in [7, 11) is -3.63. The van der Waals surface area contributed by atoms with E-state index in [1.165, 1.54) is 12.4 Å². The lowest BCUT2D eigenvalue weighted by Crippen LogP contribution is -2.34. The minimum absolute atomic E-state index is 0.00882. The Labute approximate surface area is 121 Å². The number of hydrogen-bond donors (Lipinski definition) is 3. The van der Waals surface area contributed by atoms with Gasteiger partial charge in [-0.05, 0) is 24.8 Å². The van der Waals surface area contributed by atoms with Crippen molar-refractivity contribution in [3.8, 4) is 0 Å². The number of hydrogen-bond acceptors (Lipinski definition) is 7. The smallest absolute Gasteiger partial charge is 0.243 e. The fourth-order valence-electron chi connectivity index (χ4n) is 1.63. The predicted octanol–water partition coefficient (Wildman–Crippen LogP) is 0.733. The van der Waals surface area contributed by atoms with E-state index < -0.39 is 10.0 Å². The largest absolute Gasteiger partial charge is 0.292 e. The molecule has 2 rings (SSSR count). The van der Waals surface area contributed by atoms with Crippen molar-refractivity contribution < 1.29 is 8.42 Å². The summed E-state index contributed by atoms with van der Waals surface area (Å²) in [5, 5.41) is 1.96. The third-order valence-corrected chi connectivity index (χ3v) is 4.95. The van der Waals surface area contributed by atoms with Gasteiger partial charge in [0.2, 0.25) is 16.0 Å². The highest BCUT2D eigenvalue weighted by Crippen LogP contribution is 2.13. The summed E-state index contributed by atoms with van der Waals surface area (Å²) in [6.07, 6.45) is 3.06. The van der Waals surface area contributed by atoms with Crippen molar-refractivity contribution in [2.75, 3.05) is 5.43 Å². The number of sulfonamides is 1. The molecule has 0 saturated carbocycles. The lowest BCUT2D eigenvalue weighted by molar-refractivity contribution is 0.560. The Hall–Kier alpha value is -1.55. The van der Waals surface area contributed by atoms with Gasteiger partial charge in [-0.25, -0.2) is 29.0 Å². The van der Waals surface area contributed by atoms with Crippen LogP contribution < -0.4 is 16.0 Å². The van der Waals surface area contributed by atoms with Crippen LogP contribution >= 0.6 is 11.3 Å². The van der Waals surface area contributed by atoms with Crippen LogP contribution in [0.1, 0.15) is 11.8 Å². The molecule has 0 spiro atoms. The number of nitrogens with zero attached hydrogens (tertiary/aromatic N) is 2. The molecule has 108 valence electrons. The summed E-state index contributed by atoms with van der Waals surface area (Å²) in [6.45, 7) is 1.81. The average molecular weight is 313 g/mol. The normalized spacial score (nSPS) is 13.1. The Morgan fingerprint density at radius 3 is 2.65 bits per heavy atom. The Morgan fingerprint density at radius 2 is 2.10 bits per heavy atom. The summed E-state index contributed by atoms with van der Waals surface area (Å²) < 4.78 is 26.9. The fourth-order valence-corrected chi connectivity index (χ4v) is 3.60. The zero-order chi connectivity index (χ0) is 14.6. The van der Waals surface area contributed by atoms with E-state index in [2.05, 4.69) is 20.1 Å². The van der Waals surface area contributed by atoms with Crippen molar-refractivity contribution in [1.29, 1.82) is 0 Å². The Kier molecular flexibility index (Phi) is 4.65. The van der Waals surface area contributed by atoms with Crippen LogP contribution in [0.2, 0.25) is 0 Å². The average Bonchev–Trinajstić information content (AvgIpc) is 2.91. The second kappa shape index (κ2) is 6.27. The second-order valence-corrected chi connectivity index (χ2v) is 6.94. The zero-order valence-electron chi connectivity index (χ0n) is 10.8. The van der Waals surface area contributed by atoms with Gasteiger partial charge in [0.25, 0.3) is 0 Å². The number of rotatable bonds is 6. The van der Waals surface area contributed by atoms with E-state index in [1.807, 2.05) is 24.4 Å². The molecule has 2 aromatic rings. The van der Waals surface area contributed by atoms with Gasteiger partial charge in [0.1, 0.15) is 4.90 Å². The molecule has 0 amide bonds. The molecule has 0 saturated heterocycles. The lowest BCUT2D eigenvalue weighted by atomic mass is 10.2. The van der Waals surface area contributed by atoms with Crippen LogP contribution in [0, 0.1) is 0 Å². The van der Waals surface area contributed by atoms with E-state index in [-0.39, 0.29) is 16.9 Å². The number of aromatic nitrogens is 2.